The molecule has 0 aliphatic heterocycles. The molecule has 0 aliphatic rings. The zero-order valence-electron chi connectivity index (χ0n) is 15.1. The summed E-state index contributed by atoms with van der Waals surface area (Å²) in [7, 11) is 3.01. The molecule has 1 amide bonds. The summed E-state index contributed by atoms with van der Waals surface area (Å²) in [4.78, 5) is 12.1. The Morgan fingerprint density at radius 1 is 1.07 bits per heavy atom. The Labute approximate surface area is 155 Å². The molecule has 0 radical (unpaired) electrons. The molecule has 27 heavy (non-hydrogen) atoms. The maximum absolute atomic E-state index is 12.9. The number of hydrogen-bond donors (Lipinski definition) is 1. The highest BCUT2D eigenvalue weighted by atomic mass is 19.4. The molecule has 146 valence electrons. The Morgan fingerprint density at radius 2 is 1.78 bits per heavy atom. The number of carbonyl (C=O) groups is 1. The molecule has 1 atom stereocenters. The van der Waals surface area contributed by atoms with Gasteiger partial charge in [-0.05, 0) is 31.2 Å². The minimum absolute atomic E-state index is 0.394. The molecule has 2 rings (SSSR count). The number of rotatable bonds is 7. The number of nitrogens with one attached hydrogen (secondary N) is 1. The van der Waals surface area contributed by atoms with E-state index >= 15 is 0 Å². The maximum atomic E-state index is 12.9. The van der Waals surface area contributed by atoms with E-state index in [2.05, 4.69) is 5.32 Å². The van der Waals surface area contributed by atoms with Gasteiger partial charge >= 0.3 is 6.18 Å². The molecular formula is C19H20F3NO4. The third-order valence-electron chi connectivity index (χ3n) is 3.84. The monoisotopic (exact) mass is 383 g/mol. The lowest BCUT2D eigenvalue weighted by Gasteiger charge is -2.19. The van der Waals surface area contributed by atoms with Crippen LogP contribution in [0.5, 0.6) is 17.2 Å². The van der Waals surface area contributed by atoms with Gasteiger partial charge in [0, 0.05) is 11.6 Å². The van der Waals surface area contributed by atoms with E-state index in [0.29, 0.717) is 17.1 Å². The Hall–Kier alpha value is -2.90. The fourth-order valence-corrected chi connectivity index (χ4v) is 2.51. The summed E-state index contributed by atoms with van der Waals surface area (Å²) in [5.74, 6) is 0.166. The highest BCUT2D eigenvalue weighted by molar-refractivity contribution is 5.78. The van der Waals surface area contributed by atoms with Gasteiger partial charge in [0.25, 0.3) is 5.91 Å². The topological polar surface area (TPSA) is 56.8 Å². The van der Waals surface area contributed by atoms with E-state index in [9.17, 15) is 18.0 Å². The average Bonchev–Trinajstić information content (AvgIpc) is 2.65. The Kier molecular flexibility index (Phi) is 6.55. The van der Waals surface area contributed by atoms with Gasteiger partial charge in [-0.15, -0.1) is 0 Å². The van der Waals surface area contributed by atoms with Crippen LogP contribution in [-0.2, 0) is 11.0 Å². The fraction of sp³-hybridized carbons (Fsp3) is 0.316. The van der Waals surface area contributed by atoms with E-state index in [1.165, 1.54) is 32.4 Å². The van der Waals surface area contributed by atoms with Gasteiger partial charge in [-0.2, -0.15) is 13.2 Å². The standard InChI is InChI=1S/C19H20F3NO4/c1-12(14-9-8-13(25-2)10-17(14)26-3)23-18(24)11-27-16-7-5-4-6-15(16)19(20,21)22/h4-10,12H,11H2,1-3H3,(H,23,24). The van der Waals surface area contributed by atoms with Gasteiger partial charge in [0.2, 0.25) is 0 Å². The number of alkyl halides is 3. The molecule has 0 fully saturated rings. The van der Waals surface area contributed by atoms with Crippen LogP contribution in [0.3, 0.4) is 0 Å². The summed E-state index contributed by atoms with van der Waals surface area (Å²) in [5.41, 5.74) is -0.231. The second-order valence-corrected chi connectivity index (χ2v) is 5.68. The molecule has 5 nitrogen and oxygen atoms in total. The minimum atomic E-state index is -4.56. The van der Waals surface area contributed by atoms with Crippen LogP contribution in [-0.4, -0.2) is 26.7 Å². The molecule has 2 aromatic rings. The first-order chi connectivity index (χ1) is 12.8. The largest absolute Gasteiger partial charge is 0.497 e. The van der Waals surface area contributed by atoms with Crippen LogP contribution in [0.15, 0.2) is 42.5 Å². The summed E-state index contributed by atoms with van der Waals surface area (Å²) in [6.07, 6.45) is -4.56. The highest BCUT2D eigenvalue weighted by Gasteiger charge is 2.34. The maximum Gasteiger partial charge on any atom is 0.419 e. The number of ether oxygens (including phenoxy) is 3. The van der Waals surface area contributed by atoms with Crippen molar-refractivity contribution in [1.82, 2.24) is 5.32 Å². The highest BCUT2D eigenvalue weighted by Crippen LogP contribution is 2.36. The van der Waals surface area contributed by atoms with E-state index in [0.717, 1.165) is 6.07 Å². The molecule has 0 heterocycles. The van der Waals surface area contributed by atoms with Crippen LogP contribution in [0.2, 0.25) is 0 Å². The van der Waals surface area contributed by atoms with Crippen LogP contribution in [0, 0.1) is 0 Å². The first-order valence-electron chi connectivity index (χ1n) is 8.06. The second kappa shape index (κ2) is 8.66. The molecule has 0 bridgehead atoms. The summed E-state index contributed by atoms with van der Waals surface area (Å²) < 4.78 is 54.3. The molecule has 0 saturated carbocycles. The van der Waals surface area contributed by atoms with Crippen molar-refractivity contribution in [2.75, 3.05) is 20.8 Å². The average molecular weight is 383 g/mol. The Balaban J connectivity index is 2.03. The van der Waals surface area contributed by atoms with Gasteiger partial charge in [0.1, 0.15) is 17.2 Å². The zero-order valence-corrected chi connectivity index (χ0v) is 15.1. The van der Waals surface area contributed by atoms with Gasteiger partial charge < -0.3 is 19.5 Å². The third-order valence-corrected chi connectivity index (χ3v) is 3.84. The van der Waals surface area contributed by atoms with Crippen LogP contribution in [0.1, 0.15) is 24.1 Å². The molecular weight excluding hydrogens is 363 g/mol. The van der Waals surface area contributed by atoms with Crippen molar-refractivity contribution < 1.29 is 32.2 Å². The van der Waals surface area contributed by atoms with Gasteiger partial charge in [-0.1, -0.05) is 12.1 Å². The number of halogens is 3. The molecule has 8 heteroatoms. The number of hydrogen-bond acceptors (Lipinski definition) is 4. The Morgan fingerprint density at radius 3 is 2.41 bits per heavy atom. The van der Waals surface area contributed by atoms with Crippen LogP contribution < -0.4 is 19.5 Å². The molecule has 1 N–H and O–H groups in total. The Bertz CT molecular complexity index is 793. The summed E-state index contributed by atoms with van der Waals surface area (Å²) in [5, 5.41) is 2.67. The predicted octanol–water partition coefficient (Wildman–Crippen LogP) is 3.98. The lowest BCUT2D eigenvalue weighted by atomic mass is 10.1. The summed E-state index contributed by atoms with van der Waals surface area (Å²) in [6, 6.07) is 9.43. The van der Waals surface area contributed by atoms with E-state index in [1.807, 2.05) is 0 Å². The van der Waals surface area contributed by atoms with E-state index in [1.54, 1.807) is 25.1 Å². The summed E-state index contributed by atoms with van der Waals surface area (Å²) >= 11 is 0. The fourth-order valence-electron chi connectivity index (χ4n) is 2.51. The smallest absolute Gasteiger partial charge is 0.419 e. The molecule has 0 saturated heterocycles. The van der Waals surface area contributed by atoms with Gasteiger partial charge in [0.05, 0.1) is 25.8 Å². The lowest BCUT2D eigenvalue weighted by Crippen LogP contribution is -2.31. The number of para-hydroxylation sites is 1. The van der Waals surface area contributed by atoms with Crippen LogP contribution in [0.4, 0.5) is 13.2 Å². The number of methoxy groups -OCH3 is 2. The number of carbonyl (C=O) groups excluding carboxylic acids is 1. The lowest BCUT2D eigenvalue weighted by molar-refractivity contribution is -0.139. The SMILES string of the molecule is COc1ccc(C(C)NC(=O)COc2ccccc2C(F)(F)F)c(OC)c1. The van der Waals surface area contributed by atoms with Crippen molar-refractivity contribution in [1.29, 1.82) is 0 Å². The van der Waals surface area contributed by atoms with Gasteiger partial charge in [0.15, 0.2) is 6.61 Å². The van der Waals surface area contributed by atoms with Crippen molar-refractivity contribution in [3.8, 4) is 17.2 Å². The van der Waals surface area contributed by atoms with Crippen molar-refractivity contribution in [3.05, 3.63) is 53.6 Å². The van der Waals surface area contributed by atoms with Crippen molar-refractivity contribution in [2.45, 2.75) is 19.1 Å². The second-order valence-electron chi connectivity index (χ2n) is 5.68. The van der Waals surface area contributed by atoms with E-state index < -0.39 is 36.0 Å². The molecule has 2 aromatic carbocycles. The third kappa shape index (κ3) is 5.29. The first kappa shape index (κ1) is 20.4. The number of benzene rings is 2. The summed E-state index contributed by atoms with van der Waals surface area (Å²) in [6.45, 7) is 1.18. The van der Waals surface area contributed by atoms with Crippen molar-refractivity contribution >= 4 is 5.91 Å². The van der Waals surface area contributed by atoms with E-state index in [4.69, 9.17) is 14.2 Å². The quantitative estimate of drug-likeness (QED) is 0.786. The first-order valence-corrected chi connectivity index (χ1v) is 8.06. The van der Waals surface area contributed by atoms with Gasteiger partial charge in [-0.25, -0.2) is 0 Å². The molecule has 0 spiro atoms. The minimum Gasteiger partial charge on any atom is -0.497 e. The number of amides is 1. The predicted molar refractivity (Wildman–Crippen MR) is 93.0 cm³/mol. The van der Waals surface area contributed by atoms with Gasteiger partial charge in [-0.3, -0.25) is 4.79 Å². The normalized spacial score (nSPS) is 12.2. The molecule has 0 aliphatic carbocycles. The van der Waals surface area contributed by atoms with E-state index in [-0.39, 0.29) is 0 Å². The van der Waals surface area contributed by atoms with Crippen molar-refractivity contribution in [2.24, 2.45) is 0 Å². The molecule has 0 aromatic heterocycles. The van der Waals surface area contributed by atoms with Crippen molar-refractivity contribution in [3.63, 3.8) is 0 Å². The zero-order chi connectivity index (χ0) is 20.0. The molecule has 1 unspecified atom stereocenters. The van der Waals surface area contributed by atoms with Crippen LogP contribution >= 0.6 is 0 Å². The van der Waals surface area contributed by atoms with Crippen LogP contribution in [0.25, 0.3) is 0 Å².